The van der Waals surface area contributed by atoms with Gasteiger partial charge in [-0.05, 0) is 12.3 Å². The highest BCUT2D eigenvalue weighted by molar-refractivity contribution is 5.58. The van der Waals surface area contributed by atoms with Gasteiger partial charge in [0.15, 0.2) is 0 Å². The minimum absolute atomic E-state index is 0.701. The van der Waals surface area contributed by atoms with Crippen molar-refractivity contribution in [3.63, 3.8) is 0 Å². The predicted molar refractivity (Wildman–Crippen MR) is 46.1 cm³/mol. The van der Waals surface area contributed by atoms with Crippen LogP contribution >= 0.6 is 0 Å². The van der Waals surface area contributed by atoms with Gasteiger partial charge in [0.2, 0.25) is 0 Å². The number of hydrogen-bond acceptors (Lipinski definition) is 2. The van der Waals surface area contributed by atoms with Gasteiger partial charge >= 0.3 is 0 Å². The molecular formula is C8H16N2. The second kappa shape index (κ2) is 6.33. The van der Waals surface area contributed by atoms with Crippen LogP contribution < -0.4 is 5.32 Å². The lowest BCUT2D eigenvalue weighted by molar-refractivity contribution is 0.690. The lowest BCUT2D eigenvalue weighted by Gasteiger charge is -1.93. The maximum absolute atomic E-state index is 4.03. The van der Waals surface area contributed by atoms with Crippen LogP contribution in [-0.2, 0) is 0 Å². The number of hydrogen-bond donors (Lipinski definition) is 1. The molecule has 0 unspecified atom stereocenters. The molecule has 0 saturated heterocycles. The monoisotopic (exact) mass is 140 g/mol. The van der Waals surface area contributed by atoms with Gasteiger partial charge in [-0.3, -0.25) is 4.99 Å². The standard InChI is InChI=1S/C8H16N2/c1-8(2)4-5-10-7-6-9-3/h5-9H,4H2,1-3H3/b7-6-,10-5-. The average Bonchev–Trinajstić information content (AvgIpc) is 1.87. The molecule has 0 rings (SSSR count). The molecule has 0 radical (unpaired) electrons. The van der Waals surface area contributed by atoms with Gasteiger partial charge in [0, 0.05) is 25.7 Å². The van der Waals surface area contributed by atoms with E-state index >= 15 is 0 Å². The van der Waals surface area contributed by atoms with Gasteiger partial charge in [0.25, 0.3) is 0 Å². The van der Waals surface area contributed by atoms with Crippen molar-refractivity contribution in [2.45, 2.75) is 20.3 Å². The number of nitrogens with zero attached hydrogens (tertiary/aromatic N) is 1. The van der Waals surface area contributed by atoms with Crippen molar-refractivity contribution in [2.24, 2.45) is 10.9 Å². The van der Waals surface area contributed by atoms with E-state index in [1.165, 1.54) is 0 Å². The van der Waals surface area contributed by atoms with Crippen molar-refractivity contribution >= 4 is 6.21 Å². The molecular weight excluding hydrogens is 124 g/mol. The van der Waals surface area contributed by atoms with Crippen LogP contribution in [0, 0.1) is 5.92 Å². The van der Waals surface area contributed by atoms with Crippen molar-refractivity contribution < 1.29 is 0 Å². The van der Waals surface area contributed by atoms with Crippen LogP contribution in [0.3, 0.4) is 0 Å². The van der Waals surface area contributed by atoms with E-state index in [1.54, 1.807) is 12.4 Å². The molecule has 0 aromatic carbocycles. The molecule has 0 fully saturated rings. The molecule has 0 aliphatic carbocycles. The van der Waals surface area contributed by atoms with E-state index in [4.69, 9.17) is 0 Å². The summed E-state index contributed by atoms with van der Waals surface area (Å²) in [6.07, 6.45) is 6.53. The van der Waals surface area contributed by atoms with Crippen LogP contribution in [0.15, 0.2) is 17.4 Å². The molecule has 0 aromatic rings. The Balaban J connectivity index is 3.28. The Morgan fingerprint density at radius 1 is 1.50 bits per heavy atom. The summed E-state index contributed by atoms with van der Waals surface area (Å²) in [6, 6.07) is 0. The molecule has 0 aliphatic rings. The summed E-state index contributed by atoms with van der Waals surface area (Å²) in [5.41, 5.74) is 0. The van der Waals surface area contributed by atoms with Gasteiger partial charge in [-0.15, -0.1) is 0 Å². The van der Waals surface area contributed by atoms with Crippen LogP contribution in [0.2, 0.25) is 0 Å². The van der Waals surface area contributed by atoms with Crippen LogP contribution in [-0.4, -0.2) is 13.3 Å². The smallest absolute Gasteiger partial charge is 0.0420 e. The van der Waals surface area contributed by atoms with E-state index < -0.39 is 0 Å². The summed E-state index contributed by atoms with van der Waals surface area (Å²) >= 11 is 0. The molecule has 2 heteroatoms. The van der Waals surface area contributed by atoms with E-state index in [2.05, 4.69) is 24.2 Å². The predicted octanol–water partition coefficient (Wildman–Crippen LogP) is 1.79. The molecule has 0 aliphatic heterocycles. The Hall–Kier alpha value is -0.790. The summed E-state index contributed by atoms with van der Waals surface area (Å²) in [4.78, 5) is 4.03. The molecule has 0 amide bonds. The topological polar surface area (TPSA) is 24.4 Å². The first-order chi connectivity index (χ1) is 4.77. The molecule has 0 saturated carbocycles. The fourth-order valence-corrected chi connectivity index (χ4v) is 0.450. The highest BCUT2D eigenvalue weighted by Crippen LogP contribution is 1.94. The molecule has 0 spiro atoms. The third kappa shape index (κ3) is 7.21. The minimum atomic E-state index is 0.701. The fraction of sp³-hybridized carbons (Fsp3) is 0.625. The van der Waals surface area contributed by atoms with Gasteiger partial charge in [0.1, 0.15) is 0 Å². The fourth-order valence-electron chi connectivity index (χ4n) is 0.450. The molecule has 1 N–H and O–H groups in total. The van der Waals surface area contributed by atoms with Crippen molar-refractivity contribution in [3.8, 4) is 0 Å². The van der Waals surface area contributed by atoms with Crippen LogP contribution in [0.5, 0.6) is 0 Å². The van der Waals surface area contributed by atoms with Crippen LogP contribution in [0.4, 0.5) is 0 Å². The maximum Gasteiger partial charge on any atom is 0.0420 e. The Morgan fingerprint density at radius 2 is 2.20 bits per heavy atom. The first-order valence-corrected chi connectivity index (χ1v) is 3.61. The first kappa shape index (κ1) is 9.21. The van der Waals surface area contributed by atoms with Crippen molar-refractivity contribution in [1.29, 1.82) is 0 Å². The summed E-state index contributed by atoms with van der Waals surface area (Å²) in [7, 11) is 1.86. The first-order valence-electron chi connectivity index (χ1n) is 3.61. The van der Waals surface area contributed by atoms with Crippen molar-refractivity contribution in [1.82, 2.24) is 5.32 Å². The molecule has 10 heavy (non-hydrogen) atoms. The SMILES string of the molecule is CN/C=C\N=C/CC(C)C. The van der Waals surface area contributed by atoms with E-state index in [0.717, 1.165) is 6.42 Å². The second-order valence-electron chi connectivity index (χ2n) is 2.57. The van der Waals surface area contributed by atoms with E-state index in [1.807, 2.05) is 13.3 Å². The maximum atomic E-state index is 4.03. The second-order valence-corrected chi connectivity index (χ2v) is 2.57. The molecule has 0 heterocycles. The largest absolute Gasteiger partial charge is 0.393 e. The van der Waals surface area contributed by atoms with Gasteiger partial charge in [-0.1, -0.05) is 13.8 Å². The van der Waals surface area contributed by atoms with Crippen molar-refractivity contribution in [3.05, 3.63) is 12.4 Å². The Bertz CT molecular complexity index is 114. The Labute approximate surface area is 63.0 Å². The molecule has 0 bridgehead atoms. The van der Waals surface area contributed by atoms with Crippen LogP contribution in [0.25, 0.3) is 0 Å². The molecule has 0 atom stereocenters. The van der Waals surface area contributed by atoms with Gasteiger partial charge in [-0.25, -0.2) is 0 Å². The zero-order valence-electron chi connectivity index (χ0n) is 6.96. The summed E-state index contributed by atoms with van der Waals surface area (Å²) in [5, 5.41) is 2.86. The van der Waals surface area contributed by atoms with Gasteiger partial charge < -0.3 is 5.32 Å². The summed E-state index contributed by atoms with van der Waals surface area (Å²) < 4.78 is 0. The van der Waals surface area contributed by atoms with Gasteiger partial charge in [-0.2, -0.15) is 0 Å². The van der Waals surface area contributed by atoms with Crippen molar-refractivity contribution in [2.75, 3.05) is 7.05 Å². The Morgan fingerprint density at radius 3 is 2.70 bits per heavy atom. The number of nitrogens with one attached hydrogen (secondary N) is 1. The third-order valence-corrected chi connectivity index (χ3v) is 1.01. The van der Waals surface area contributed by atoms with E-state index in [9.17, 15) is 0 Å². The van der Waals surface area contributed by atoms with E-state index in [-0.39, 0.29) is 0 Å². The average molecular weight is 140 g/mol. The highest BCUT2D eigenvalue weighted by atomic mass is 14.8. The van der Waals surface area contributed by atoms with Crippen LogP contribution in [0.1, 0.15) is 20.3 Å². The third-order valence-electron chi connectivity index (χ3n) is 1.01. The zero-order valence-corrected chi connectivity index (χ0v) is 6.96. The normalized spacial score (nSPS) is 12.0. The minimum Gasteiger partial charge on any atom is -0.393 e. The number of rotatable bonds is 4. The Kier molecular flexibility index (Phi) is 5.83. The highest BCUT2D eigenvalue weighted by Gasteiger charge is 1.85. The summed E-state index contributed by atoms with van der Waals surface area (Å²) in [6.45, 7) is 4.35. The quantitative estimate of drug-likeness (QED) is 0.591. The number of aliphatic imine (C=N–C) groups is 1. The van der Waals surface area contributed by atoms with E-state index in [0.29, 0.717) is 5.92 Å². The molecule has 0 aromatic heterocycles. The lowest BCUT2D eigenvalue weighted by atomic mass is 10.2. The lowest BCUT2D eigenvalue weighted by Crippen LogP contribution is -1.90. The van der Waals surface area contributed by atoms with Gasteiger partial charge in [0.05, 0.1) is 0 Å². The molecule has 2 nitrogen and oxygen atoms in total. The zero-order chi connectivity index (χ0) is 7.82. The molecule has 58 valence electrons. The summed E-state index contributed by atoms with van der Waals surface area (Å²) in [5.74, 6) is 0.701.